The standard InChI is InChI=1S/C10H15N3S/c1-8-13-9(7-14-8)4-6-12-10-3-2-5-11-10/h7H,2-6H2,1H3,(H,11,12). The van der Waals surface area contributed by atoms with Crippen molar-refractivity contribution in [2.75, 3.05) is 13.1 Å². The third kappa shape index (κ3) is 2.54. The number of hydrogen-bond acceptors (Lipinski definition) is 4. The lowest BCUT2D eigenvalue weighted by atomic mass is 10.3. The van der Waals surface area contributed by atoms with E-state index in [-0.39, 0.29) is 0 Å². The second-order valence-corrected chi connectivity index (χ2v) is 4.53. The molecule has 0 saturated carbocycles. The maximum atomic E-state index is 4.41. The minimum absolute atomic E-state index is 0.960. The average Bonchev–Trinajstić information content (AvgIpc) is 2.77. The highest BCUT2D eigenvalue weighted by molar-refractivity contribution is 7.09. The molecule has 0 bridgehead atoms. The smallest absolute Gasteiger partial charge is 0.0963 e. The summed E-state index contributed by atoms with van der Waals surface area (Å²) in [5, 5.41) is 6.64. The Balaban J connectivity index is 1.72. The molecule has 0 saturated heterocycles. The fourth-order valence-electron chi connectivity index (χ4n) is 1.54. The van der Waals surface area contributed by atoms with Crippen molar-refractivity contribution >= 4 is 17.2 Å². The van der Waals surface area contributed by atoms with Gasteiger partial charge in [-0.2, -0.15) is 0 Å². The zero-order valence-corrected chi connectivity index (χ0v) is 9.23. The number of rotatable bonds is 3. The van der Waals surface area contributed by atoms with Gasteiger partial charge in [0.05, 0.1) is 16.5 Å². The molecular weight excluding hydrogens is 194 g/mol. The minimum Gasteiger partial charge on any atom is -0.373 e. The number of nitrogens with one attached hydrogen (secondary N) is 1. The molecule has 1 aromatic heterocycles. The number of thiazole rings is 1. The molecule has 76 valence electrons. The Bertz CT molecular complexity index is 330. The summed E-state index contributed by atoms with van der Waals surface area (Å²) in [5.74, 6) is 1.18. The highest BCUT2D eigenvalue weighted by Crippen LogP contribution is 2.08. The third-order valence-corrected chi connectivity index (χ3v) is 3.07. The van der Waals surface area contributed by atoms with Crippen molar-refractivity contribution < 1.29 is 0 Å². The van der Waals surface area contributed by atoms with E-state index in [1.807, 2.05) is 6.92 Å². The lowest BCUT2D eigenvalue weighted by Gasteiger charge is -2.03. The van der Waals surface area contributed by atoms with Gasteiger partial charge in [0.15, 0.2) is 0 Å². The zero-order chi connectivity index (χ0) is 9.80. The van der Waals surface area contributed by atoms with Crippen LogP contribution in [-0.2, 0) is 6.42 Å². The van der Waals surface area contributed by atoms with Gasteiger partial charge < -0.3 is 5.32 Å². The Morgan fingerprint density at radius 1 is 1.57 bits per heavy atom. The van der Waals surface area contributed by atoms with Crippen LogP contribution in [0, 0.1) is 6.92 Å². The molecule has 1 aliphatic rings. The quantitative estimate of drug-likeness (QED) is 0.824. The Morgan fingerprint density at radius 3 is 3.14 bits per heavy atom. The summed E-state index contributed by atoms with van der Waals surface area (Å²) in [5.41, 5.74) is 1.19. The van der Waals surface area contributed by atoms with Crippen molar-refractivity contribution in [3.63, 3.8) is 0 Å². The van der Waals surface area contributed by atoms with Gasteiger partial charge >= 0.3 is 0 Å². The summed E-state index contributed by atoms with van der Waals surface area (Å²) in [6.45, 7) is 4.00. The summed E-state index contributed by atoms with van der Waals surface area (Å²) >= 11 is 1.72. The van der Waals surface area contributed by atoms with Crippen molar-refractivity contribution in [1.82, 2.24) is 10.3 Å². The van der Waals surface area contributed by atoms with Gasteiger partial charge in [-0.05, 0) is 13.3 Å². The molecule has 0 unspecified atom stereocenters. The number of hydrogen-bond donors (Lipinski definition) is 1. The Labute approximate surface area is 88.3 Å². The summed E-state index contributed by atoms with van der Waals surface area (Å²) in [6.07, 6.45) is 3.33. The van der Waals surface area contributed by atoms with Crippen molar-refractivity contribution in [2.45, 2.75) is 26.2 Å². The third-order valence-electron chi connectivity index (χ3n) is 2.25. The minimum atomic E-state index is 0.960. The van der Waals surface area contributed by atoms with E-state index in [1.54, 1.807) is 11.3 Å². The Kier molecular flexibility index (Phi) is 3.14. The molecule has 1 aliphatic heterocycles. The maximum absolute atomic E-state index is 4.41. The highest BCUT2D eigenvalue weighted by atomic mass is 32.1. The first-order valence-corrected chi connectivity index (χ1v) is 5.91. The zero-order valence-electron chi connectivity index (χ0n) is 8.42. The normalized spacial score (nSPS) is 15.6. The van der Waals surface area contributed by atoms with E-state index in [9.17, 15) is 0 Å². The predicted octanol–water partition coefficient (Wildman–Crippen LogP) is 1.78. The molecule has 2 rings (SSSR count). The molecule has 0 aliphatic carbocycles. The van der Waals surface area contributed by atoms with Gasteiger partial charge in [-0.15, -0.1) is 11.3 Å². The van der Waals surface area contributed by atoms with Crippen LogP contribution in [0.4, 0.5) is 0 Å². The molecule has 0 fully saturated rings. The number of amidine groups is 1. The predicted molar refractivity (Wildman–Crippen MR) is 60.1 cm³/mol. The van der Waals surface area contributed by atoms with Crippen molar-refractivity contribution in [2.24, 2.45) is 4.99 Å². The number of aliphatic imine (C=N–C) groups is 1. The van der Waals surface area contributed by atoms with E-state index in [0.29, 0.717) is 0 Å². The summed E-state index contributed by atoms with van der Waals surface area (Å²) in [7, 11) is 0. The van der Waals surface area contributed by atoms with E-state index in [0.717, 1.165) is 30.9 Å². The van der Waals surface area contributed by atoms with Crippen LogP contribution in [0.15, 0.2) is 10.4 Å². The monoisotopic (exact) mass is 209 g/mol. The first-order valence-electron chi connectivity index (χ1n) is 5.03. The number of nitrogens with zero attached hydrogens (tertiary/aromatic N) is 2. The maximum Gasteiger partial charge on any atom is 0.0963 e. The van der Waals surface area contributed by atoms with Crippen LogP contribution in [0.2, 0.25) is 0 Å². The van der Waals surface area contributed by atoms with Gasteiger partial charge in [0.1, 0.15) is 0 Å². The Hall–Kier alpha value is -0.900. The lowest BCUT2D eigenvalue weighted by molar-refractivity contribution is 0.833. The van der Waals surface area contributed by atoms with Gasteiger partial charge in [0.2, 0.25) is 0 Å². The summed E-state index contributed by atoms with van der Waals surface area (Å²) < 4.78 is 0. The number of aromatic nitrogens is 1. The summed E-state index contributed by atoms with van der Waals surface area (Å²) in [4.78, 5) is 8.77. The fourth-order valence-corrected chi connectivity index (χ4v) is 2.19. The summed E-state index contributed by atoms with van der Waals surface area (Å²) in [6, 6.07) is 0. The van der Waals surface area contributed by atoms with Crippen molar-refractivity contribution in [3.05, 3.63) is 16.1 Å². The first-order chi connectivity index (χ1) is 6.84. The van der Waals surface area contributed by atoms with Crippen LogP contribution < -0.4 is 5.32 Å². The van der Waals surface area contributed by atoms with Gasteiger partial charge in [-0.25, -0.2) is 4.98 Å². The van der Waals surface area contributed by atoms with Crippen LogP contribution in [0.1, 0.15) is 23.5 Å². The van der Waals surface area contributed by atoms with Crippen molar-refractivity contribution in [3.8, 4) is 0 Å². The second kappa shape index (κ2) is 4.55. The highest BCUT2D eigenvalue weighted by Gasteiger charge is 2.05. The first kappa shape index (κ1) is 9.65. The van der Waals surface area contributed by atoms with Gasteiger partial charge in [-0.1, -0.05) is 0 Å². The molecular formula is C10H15N3S. The van der Waals surface area contributed by atoms with Crippen LogP contribution in [-0.4, -0.2) is 23.9 Å². The molecule has 1 aromatic rings. The molecule has 0 amide bonds. The molecule has 0 aromatic carbocycles. The molecule has 3 nitrogen and oxygen atoms in total. The molecule has 1 N–H and O–H groups in total. The van der Waals surface area contributed by atoms with Crippen LogP contribution in [0.3, 0.4) is 0 Å². The van der Waals surface area contributed by atoms with Gasteiger partial charge in [0, 0.05) is 31.3 Å². The lowest BCUT2D eigenvalue weighted by Crippen LogP contribution is -2.23. The number of aryl methyl sites for hydroxylation is 1. The molecule has 0 radical (unpaired) electrons. The van der Waals surface area contributed by atoms with Crippen LogP contribution in [0.25, 0.3) is 0 Å². The van der Waals surface area contributed by atoms with Crippen molar-refractivity contribution in [1.29, 1.82) is 0 Å². The molecule has 0 atom stereocenters. The van der Waals surface area contributed by atoms with Gasteiger partial charge in [-0.3, -0.25) is 4.99 Å². The topological polar surface area (TPSA) is 37.3 Å². The SMILES string of the molecule is Cc1nc(CCNC2=NCCC2)cs1. The van der Waals surface area contributed by atoms with E-state index in [2.05, 4.69) is 20.7 Å². The van der Waals surface area contributed by atoms with E-state index in [1.165, 1.54) is 18.0 Å². The van der Waals surface area contributed by atoms with Crippen LogP contribution in [0.5, 0.6) is 0 Å². The average molecular weight is 209 g/mol. The Morgan fingerprint density at radius 2 is 2.50 bits per heavy atom. The molecule has 0 spiro atoms. The molecule has 14 heavy (non-hydrogen) atoms. The largest absolute Gasteiger partial charge is 0.373 e. The van der Waals surface area contributed by atoms with E-state index >= 15 is 0 Å². The fraction of sp³-hybridized carbons (Fsp3) is 0.600. The van der Waals surface area contributed by atoms with E-state index in [4.69, 9.17) is 0 Å². The molecule has 2 heterocycles. The van der Waals surface area contributed by atoms with Gasteiger partial charge in [0.25, 0.3) is 0 Å². The van der Waals surface area contributed by atoms with Crippen LogP contribution >= 0.6 is 11.3 Å². The second-order valence-electron chi connectivity index (χ2n) is 3.47. The molecule has 4 heteroatoms. The van der Waals surface area contributed by atoms with E-state index < -0.39 is 0 Å².